The van der Waals surface area contributed by atoms with Crippen LogP contribution in [-0.4, -0.2) is 23.9 Å². The molecule has 1 saturated heterocycles. The highest BCUT2D eigenvalue weighted by Gasteiger charge is 2.35. The van der Waals surface area contributed by atoms with Crippen molar-refractivity contribution in [2.75, 3.05) is 6.54 Å². The lowest BCUT2D eigenvalue weighted by Gasteiger charge is -2.27. The SMILES string of the molecule is CCC1(CCC(=O)NCCC(c2ccccc2)c2ccccc2)CCC(=O)N1. The number of nitrogens with one attached hydrogen (secondary N) is 2. The summed E-state index contributed by atoms with van der Waals surface area (Å²) >= 11 is 0. The number of carbonyl (C=O) groups is 2. The van der Waals surface area contributed by atoms with Crippen LogP contribution in [0.5, 0.6) is 0 Å². The number of rotatable bonds is 9. The van der Waals surface area contributed by atoms with Gasteiger partial charge in [0.25, 0.3) is 0 Å². The van der Waals surface area contributed by atoms with Crippen LogP contribution in [0.15, 0.2) is 60.7 Å². The van der Waals surface area contributed by atoms with Crippen molar-refractivity contribution in [1.82, 2.24) is 10.6 Å². The minimum Gasteiger partial charge on any atom is -0.356 e. The van der Waals surface area contributed by atoms with Gasteiger partial charge in [0, 0.05) is 30.8 Å². The van der Waals surface area contributed by atoms with E-state index in [4.69, 9.17) is 0 Å². The summed E-state index contributed by atoms with van der Waals surface area (Å²) < 4.78 is 0. The number of benzene rings is 2. The van der Waals surface area contributed by atoms with Gasteiger partial charge in [0.15, 0.2) is 0 Å². The van der Waals surface area contributed by atoms with Crippen LogP contribution in [0.3, 0.4) is 0 Å². The highest BCUT2D eigenvalue weighted by atomic mass is 16.2. The Balaban J connectivity index is 1.53. The van der Waals surface area contributed by atoms with Gasteiger partial charge in [-0.15, -0.1) is 0 Å². The zero-order valence-corrected chi connectivity index (χ0v) is 16.6. The highest BCUT2D eigenvalue weighted by molar-refractivity contribution is 5.80. The molecule has 4 heteroatoms. The summed E-state index contributed by atoms with van der Waals surface area (Å²) in [6.45, 7) is 2.71. The molecule has 28 heavy (non-hydrogen) atoms. The van der Waals surface area contributed by atoms with Crippen molar-refractivity contribution in [3.63, 3.8) is 0 Å². The third-order valence-electron chi connectivity index (χ3n) is 5.90. The second-order valence-corrected chi connectivity index (χ2v) is 7.69. The Labute approximate surface area is 167 Å². The number of hydrogen-bond acceptors (Lipinski definition) is 2. The molecule has 1 heterocycles. The van der Waals surface area contributed by atoms with Crippen LogP contribution in [0.4, 0.5) is 0 Å². The van der Waals surface area contributed by atoms with Crippen LogP contribution in [0.25, 0.3) is 0 Å². The van der Waals surface area contributed by atoms with Gasteiger partial charge in [-0.25, -0.2) is 0 Å². The molecule has 0 saturated carbocycles. The molecule has 4 nitrogen and oxygen atoms in total. The second kappa shape index (κ2) is 9.54. The third kappa shape index (κ3) is 5.22. The van der Waals surface area contributed by atoms with Crippen molar-refractivity contribution in [3.8, 4) is 0 Å². The fourth-order valence-corrected chi connectivity index (χ4v) is 4.10. The summed E-state index contributed by atoms with van der Waals surface area (Å²) in [6.07, 6.45) is 4.30. The van der Waals surface area contributed by atoms with Crippen molar-refractivity contribution in [2.24, 2.45) is 0 Å². The molecule has 1 unspecified atom stereocenters. The van der Waals surface area contributed by atoms with Crippen LogP contribution in [0, 0.1) is 0 Å². The molecule has 2 aromatic rings. The molecule has 148 valence electrons. The molecule has 3 rings (SSSR count). The van der Waals surface area contributed by atoms with E-state index in [0.29, 0.717) is 25.8 Å². The van der Waals surface area contributed by atoms with Gasteiger partial charge in [-0.1, -0.05) is 67.6 Å². The van der Waals surface area contributed by atoms with Gasteiger partial charge in [0.1, 0.15) is 0 Å². The van der Waals surface area contributed by atoms with Crippen molar-refractivity contribution in [1.29, 1.82) is 0 Å². The summed E-state index contributed by atoms with van der Waals surface area (Å²) in [5.41, 5.74) is 2.34. The van der Waals surface area contributed by atoms with Gasteiger partial charge in [-0.05, 0) is 36.8 Å². The molecular formula is C24H30N2O2. The van der Waals surface area contributed by atoms with Crippen LogP contribution in [0.1, 0.15) is 62.5 Å². The Hall–Kier alpha value is -2.62. The zero-order valence-electron chi connectivity index (χ0n) is 16.6. The van der Waals surface area contributed by atoms with Gasteiger partial charge in [-0.3, -0.25) is 9.59 Å². The lowest BCUT2D eigenvalue weighted by atomic mass is 9.88. The maximum Gasteiger partial charge on any atom is 0.220 e. The van der Waals surface area contributed by atoms with Crippen LogP contribution in [-0.2, 0) is 9.59 Å². The van der Waals surface area contributed by atoms with Crippen molar-refractivity contribution in [3.05, 3.63) is 71.8 Å². The average molecular weight is 379 g/mol. The van der Waals surface area contributed by atoms with Crippen molar-refractivity contribution >= 4 is 11.8 Å². The molecule has 1 aliphatic rings. The largest absolute Gasteiger partial charge is 0.356 e. The highest BCUT2D eigenvalue weighted by Crippen LogP contribution is 2.29. The van der Waals surface area contributed by atoms with Crippen molar-refractivity contribution < 1.29 is 9.59 Å². The van der Waals surface area contributed by atoms with E-state index in [-0.39, 0.29) is 23.3 Å². The molecule has 2 amide bonds. The minimum atomic E-state index is -0.189. The molecule has 1 atom stereocenters. The predicted octanol–water partition coefficient (Wildman–Crippen LogP) is 4.16. The summed E-state index contributed by atoms with van der Waals surface area (Å²) in [7, 11) is 0. The van der Waals surface area contributed by atoms with E-state index in [2.05, 4.69) is 66.1 Å². The maximum atomic E-state index is 12.4. The van der Waals surface area contributed by atoms with E-state index in [9.17, 15) is 9.59 Å². The normalized spacial score (nSPS) is 18.9. The number of carbonyl (C=O) groups excluding carboxylic acids is 2. The summed E-state index contributed by atoms with van der Waals surface area (Å²) in [5, 5.41) is 6.15. The fourth-order valence-electron chi connectivity index (χ4n) is 4.10. The lowest BCUT2D eigenvalue weighted by Crippen LogP contribution is -2.42. The van der Waals surface area contributed by atoms with Gasteiger partial charge < -0.3 is 10.6 Å². The molecular weight excluding hydrogens is 348 g/mol. The Morgan fingerprint density at radius 1 is 1.07 bits per heavy atom. The molecule has 0 aromatic heterocycles. The quantitative estimate of drug-likeness (QED) is 0.688. The molecule has 1 fully saturated rings. The number of amides is 2. The molecule has 2 aromatic carbocycles. The first kappa shape index (κ1) is 20.1. The molecule has 0 spiro atoms. The predicted molar refractivity (Wildman–Crippen MR) is 112 cm³/mol. The third-order valence-corrected chi connectivity index (χ3v) is 5.90. The average Bonchev–Trinajstić information content (AvgIpc) is 3.12. The van der Waals surface area contributed by atoms with E-state index < -0.39 is 0 Å². The Kier molecular flexibility index (Phi) is 6.85. The van der Waals surface area contributed by atoms with Gasteiger partial charge in [0.2, 0.25) is 11.8 Å². The monoisotopic (exact) mass is 378 g/mol. The maximum absolute atomic E-state index is 12.4. The molecule has 0 aliphatic carbocycles. The standard InChI is InChI=1S/C24H30N2O2/c1-2-24(17-14-23(28)26-24)16-13-22(27)25-18-15-21(19-9-5-3-6-10-19)20-11-7-4-8-12-20/h3-12,21H,2,13-18H2,1H3,(H,25,27)(H,26,28). The Morgan fingerprint density at radius 3 is 2.18 bits per heavy atom. The van der Waals surface area contributed by atoms with E-state index in [1.807, 2.05) is 12.1 Å². The molecule has 0 bridgehead atoms. The minimum absolute atomic E-state index is 0.0637. The topological polar surface area (TPSA) is 58.2 Å². The Bertz CT molecular complexity index is 736. The van der Waals surface area contributed by atoms with Gasteiger partial charge in [0.05, 0.1) is 0 Å². The lowest BCUT2D eigenvalue weighted by molar-refractivity contribution is -0.122. The van der Waals surface area contributed by atoms with E-state index >= 15 is 0 Å². The Morgan fingerprint density at radius 2 is 1.68 bits per heavy atom. The first-order chi connectivity index (χ1) is 13.6. The number of hydrogen-bond donors (Lipinski definition) is 2. The summed E-state index contributed by atoms with van der Waals surface area (Å²) in [6, 6.07) is 20.9. The molecule has 0 radical (unpaired) electrons. The van der Waals surface area contributed by atoms with Gasteiger partial charge >= 0.3 is 0 Å². The molecule has 2 N–H and O–H groups in total. The fraction of sp³-hybridized carbons (Fsp3) is 0.417. The zero-order chi connectivity index (χ0) is 19.8. The second-order valence-electron chi connectivity index (χ2n) is 7.69. The summed E-state index contributed by atoms with van der Waals surface area (Å²) in [4.78, 5) is 23.9. The van der Waals surface area contributed by atoms with E-state index in [0.717, 1.165) is 19.3 Å². The van der Waals surface area contributed by atoms with Crippen molar-refractivity contribution in [2.45, 2.75) is 56.9 Å². The van der Waals surface area contributed by atoms with Crippen LogP contribution in [0.2, 0.25) is 0 Å². The van der Waals surface area contributed by atoms with Crippen LogP contribution >= 0.6 is 0 Å². The van der Waals surface area contributed by atoms with E-state index in [1.165, 1.54) is 11.1 Å². The first-order valence-electron chi connectivity index (χ1n) is 10.3. The summed E-state index contributed by atoms with van der Waals surface area (Å²) in [5.74, 6) is 0.434. The first-order valence-corrected chi connectivity index (χ1v) is 10.3. The molecule has 1 aliphatic heterocycles. The van der Waals surface area contributed by atoms with Gasteiger partial charge in [-0.2, -0.15) is 0 Å². The van der Waals surface area contributed by atoms with Crippen LogP contribution < -0.4 is 10.6 Å². The van der Waals surface area contributed by atoms with E-state index in [1.54, 1.807) is 0 Å². The smallest absolute Gasteiger partial charge is 0.220 e.